The lowest BCUT2D eigenvalue weighted by atomic mass is 9.75. The molecule has 0 N–H and O–H groups in total. The van der Waals surface area contributed by atoms with Crippen LogP contribution in [0, 0.1) is 17.5 Å². The molecule has 1 aliphatic carbocycles. The molecule has 0 radical (unpaired) electrons. The van der Waals surface area contributed by atoms with Crippen molar-refractivity contribution >= 4 is 0 Å². The molecule has 0 aromatic heterocycles. The molecule has 0 bridgehead atoms. The van der Waals surface area contributed by atoms with E-state index in [4.69, 9.17) is 14.2 Å². The van der Waals surface area contributed by atoms with Gasteiger partial charge >= 0.3 is 0 Å². The van der Waals surface area contributed by atoms with Crippen molar-refractivity contribution in [3.05, 3.63) is 52.8 Å². The van der Waals surface area contributed by atoms with Crippen LogP contribution in [0.4, 0.5) is 13.2 Å². The van der Waals surface area contributed by atoms with Gasteiger partial charge in [0.25, 0.3) is 0 Å². The third kappa shape index (κ3) is 3.09. The Balaban J connectivity index is 1.57. The maximum Gasteiger partial charge on any atom is 0.207 e. The molecule has 1 unspecified atom stereocenters. The van der Waals surface area contributed by atoms with Crippen LogP contribution in [0.5, 0.6) is 17.2 Å². The normalized spacial score (nSPS) is 23.0. The number of ether oxygens (including phenoxy) is 3. The first kappa shape index (κ1) is 19.0. The molecule has 0 amide bonds. The van der Waals surface area contributed by atoms with E-state index in [0.29, 0.717) is 25.0 Å². The fourth-order valence-electron chi connectivity index (χ4n) is 4.41. The van der Waals surface area contributed by atoms with Crippen LogP contribution in [-0.2, 0) is 0 Å². The van der Waals surface area contributed by atoms with Crippen molar-refractivity contribution in [1.29, 1.82) is 0 Å². The van der Waals surface area contributed by atoms with Crippen molar-refractivity contribution in [2.75, 3.05) is 13.2 Å². The largest absolute Gasteiger partial charge is 0.491 e. The Morgan fingerprint density at radius 1 is 0.857 bits per heavy atom. The van der Waals surface area contributed by atoms with Crippen molar-refractivity contribution in [3.63, 3.8) is 0 Å². The topological polar surface area (TPSA) is 27.7 Å². The number of rotatable bonds is 5. The predicted molar refractivity (Wildman–Crippen MR) is 98.8 cm³/mol. The van der Waals surface area contributed by atoms with E-state index in [1.165, 1.54) is 6.07 Å². The Morgan fingerprint density at radius 3 is 2.18 bits per heavy atom. The number of hydrogen-bond acceptors (Lipinski definition) is 3. The quantitative estimate of drug-likeness (QED) is 0.652. The van der Waals surface area contributed by atoms with Crippen LogP contribution >= 0.6 is 0 Å². The van der Waals surface area contributed by atoms with Crippen LogP contribution in [0.25, 0.3) is 0 Å². The van der Waals surface area contributed by atoms with E-state index in [9.17, 15) is 13.2 Å². The molecule has 2 aromatic carbocycles. The number of halogens is 3. The lowest BCUT2D eigenvalue weighted by Crippen LogP contribution is -2.27. The average Bonchev–Trinajstić information content (AvgIpc) is 3.07. The number of benzene rings is 2. The molecule has 1 aliphatic heterocycles. The second-order valence-electron chi connectivity index (χ2n) is 7.22. The van der Waals surface area contributed by atoms with Gasteiger partial charge in [-0.1, -0.05) is 12.1 Å². The van der Waals surface area contributed by atoms with E-state index >= 15 is 0 Å². The van der Waals surface area contributed by atoms with E-state index in [-0.39, 0.29) is 41.8 Å². The van der Waals surface area contributed by atoms with Gasteiger partial charge in [0.1, 0.15) is 6.10 Å². The van der Waals surface area contributed by atoms with Gasteiger partial charge in [-0.25, -0.2) is 4.39 Å². The first-order valence-corrected chi connectivity index (χ1v) is 9.77. The summed E-state index contributed by atoms with van der Waals surface area (Å²) in [5, 5.41) is 0. The summed E-state index contributed by atoms with van der Waals surface area (Å²) in [6.45, 7) is 4.15. The summed E-state index contributed by atoms with van der Waals surface area (Å²) in [7, 11) is 0. The second-order valence-corrected chi connectivity index (χ2v) is 7.22. The molecule has 3 atom stereocenters. The van der Waals surface area contributed by atoms with Gasteiger partial charge in [0, 0.05) is 11.5 Å². The molecule has 2 aromatic rings. The molecule has 28 heavy (non-hydrogen) atoms. The van der Waals surface area contributed by atoms with E-state index in [2.05, 4.69) is 0 Å². The van der Waals surface area contributed by atoms with Crippen molar-refractivity contribution in [2.45, 2.75) is 51.0 Å². The minimum absolute atomic E-state index is 0.0621. The minimum Gasteiger partial charge on any atom is -0.491 e. The Morgan fingerprint density at radius 2 is 1.50 bits per heavy atom. The van der Waals surface area contributed by atoms with E-state index in [0.717, 1.165) is 12.0 Å². The van der Waals surface area contributed by atoms with Gasteiger partial charge in [0.05, 0.1) is 13.2 Å². The van der Waals surface area contributed by atoms with Crippen LogP contribution < -0.4 is 14.2 Å². The summed E-state index contributed by atoms with van der Waals surface area (Å²) >= 11 is 0. The molecule has 1 saturated carbocycles. The highest BCUT2D eigenvalue weighted by atomic mass is 19.2. The zero-order valence-corrected chi connectivity index (χ0v) is 15.9. The number of fused-ring (bicyclic) bond motifs is 3. The second kappa shape index (κ2) is 7.57. The summed E-state index contributed by atoms with van der Waals surface area (Å²) in [5.41, 5.74) is 1.16. The van der Waals surface area contributed by atoms with Crippen LogP contribution in [0.2, 0.25) is 0 Å². The summed E-state index contributed by atoms with van der Waals surface area (Å²) in [5.74, 6) is -2.09. The van der Waals surface area contributed by atoms with Crippen LogP contribution in [0.3, 0.4) is 0 Å². The highest BCUT2D eigenvalue weighted by molar-refractivity contribution is 5.48. The zero-order chi connectivity index (χ0) is 19.8. The first-order chi connectivity index (χ1) is 13.5. The molecule has 0 saturated heterocycles. The molecule has 0 spiro atoms. The highest BCUT2D eigenvalue weighted by Crippen LogP contribution is 2.51. The SMILES string of the molecule is CCOc1ccc(C2CC[C@H]3c4ccc(OCC)c(F)c4O[C@@H]3C2)c(F)c1F. The van der Waals surface area contributed by atoms with Gasteiger partial charge in [-0.05, 0) is 56.7 Å². The molecule has 4 rings (SSSR count). The molecule has 1 fully saturated rings. The van der Waals surface area contributed by atoms with Crippen molar-refractivity contribution in [2.24, 2.45) is 0 Å². The van der Waals surface area contributed by atoms with E-state index < -0.39 is 17.5 Å². The standard InChI is InChI=1S/C22H23F3O3/c1-3-26-16-9-7-13(19(23)20(16)24)12-5-6-14-15-8-10-17(27-4-2)21(25)22(15)28-18(14)11-12/h7-10,12,14,18H,3-6,11H2,1-2H3/t12?,14-,18+/m0/s1. The van der Waals surface area contributed by atoms with Crippen molar-refractivity contribution < 1.29 is 27.4 Å². The summed E-state index contributed by atoms with van der Waals surface area (Å²) in [4.78, 5) is 0. The monoisotopic (exact) mass is 392 g/mol. The molecule has 150 valence electrons. The highest BCUT2D eigenvalue weighted by Gasteiger charge is 2.42. The molecular formula is C22H23F3O3. The Labute approximate surface area is 162 Å². The predicted octanol–water partition coefficient (Wildman–Crippen LogP) is 5.71. The first-order valence-electron chi connectivity index (χ1n) is 9.77. The maximum atomic E-state index is 14.7. The molecular weight excluding hydrogens is 369 g/mol. The van der Waals surface area contributed by atoms with Crippen molar-refractivity contribution in [1.82, 2.24) is 0 Å². The summed E-state index contributed by atoms with van der Waals surface area (Å²) in [6.07, 6.45) is 1.66. The summed E-state index contributed by atoms with van der Waals surface area (Å²) < 4.78 is 59.9. The van der Waals surface area contributed by atoms with Crippen LogP contribution in [-0.4, -0.2) is 19.3 Å². The van der Waals surface area contributed by atoms with Gasteiger partial charge in [-0.3, -0.25) is 0 Å². The Bertz CT molecular complexity index is 884. The number of hydrogen-bond donors (Lipinski definition) is 0. The van der Waals surface area contributed by atoms with Gasteiger partial charge in [0.15, 0.2) is 23.1 Å². The van der Waals surface area contributed by atoms with Crippen LogP contribution in [0.1, 0.15) is 56.1 Å². The van der Waals surface area contributed by atoms with Gasteiger partial charge in [0.2, 0.25) is 11.6 Å². The molecule has 6 heteroatoms. The summed E-state index contributed by atoms with van der Waals surface area (Å²) in [6, 6.07) is 6.55. The van der Waals surface area contributed by atoms with Gasteiger partial charge in [-0.15, -0.1) is 0 Å². The Hall–Kier alpha value is -2.37. The fraction of sp³-hybridized carbons (Fsp3) is 0.455. The molecule has 3 nitrogen and oxygen atoms in total. The van der Waals surface area contributed by atoms with E-state index in [1.807, 2.05) is 6.07 Å². The minimum atomic E-state index is -0.954. The Kier molecular flexibility index (Phi) is 5.13. The smallest absolute Gasteiger partial charge is 0.207 e. The third-order valence-corrected chi connectivity index (χ3v) is 5.67. The third-order valence-electron chi connectivity index (χ3n) is 5.67. The molecule has 1 heterocycles. The van der Waals surface area contributed by atoms with Gasteiger partial charge in [-0.2, -0.15) is 8.78 Å². The van der Waals surface area contributed by atoms with Crippen LogP contribution in [0.15, 0.2) is 24.3 Å². The van der Waals surface area contributed by atoms with Gasteiger partial charge < -0.3 is 14.2 Å². The van der Waals surface area contributed by atoms with E-state index in [1.54, 1.807) is 26.0 Å². The average molecular weight is 392 g/mol. The fourth-order valence-corrected chi connectivity index (χ4v) is 4.41. The molecule has 2 aliphatic rings. The lowest BCUT2D eigenvalue weighted by molar-refractivity contribution is 0.145. The maximum absolute atomic E-state index is 14.7. The van der Waals surface area contributed by atoms with Crippen molar-refractivity contribution in [3.8, 4) is 17.2 Å². The zero-order valence-electron chi connectivity index (χ0n) is 15.9. The lowest BCUT2D eigenvalue weighted by Gasteiger charge is -2.31.